The van der Waals surface area contributed by atoms with Gasteiger partial charge in [-0.3, -0.25) is 4.79 Å². The first-order chi connectivity index (χ1) is 9.15. The molecule has 0 atom stereocenters. The van der Waals surface area contributed by atoms with E-state index in [0.29, 0.717) is 6.54 Å². The fourth-order valence-corrected chi connectivity index (χ4v) is 2.09. The van der Waals surface area contributed by atoms with Gasteiger partial charge in [0.1, 0.15) is 5.52 Å². The topological polar surface area (TPSA) is 71.2 Å². The van der Waals surface area contributed by atoms with Gasteiger partial charge < -0.3 is 10.0 Å². The number of hydrogen-bond donors (Lipinski definition) is 1. The van der Waals surface area contributed by atoms with Crippen molar-refractivity contribution in [2.75, 3.05) is 18.0 Å². The van der Waals surface area contributed by atoms with Crippen LogP contribution in [-0.4, -0.2) is 39.2 Å². The monoisotopic (exact) mass is 262 g/mol. The summed E-state index contributed by atoms with van der Waals surface area (Å²) in [6, 6.07) is 5.93. The van der Waals surface area contributed by atoms with Crippen LogP contribution >= 0.6 is 0 Å². The SMILES string of the molecule is CCN(CCC(=O)O)c1ccc2c(c1)nnn2CC. The molecule has 1 aromatic carbocycles. The fraction of sp³-hybridized carbons (Fsp3) is 0.462. The van der Waals surface area contributed by atoms with E-state index in [9.17, 15) is 4.79 Å². The van der Waals surface area contributed by atoms with Crippen LogP contribution in [0.25, 0.3) is 11.0 Å². The van der Waals surface area contributed by atoms with Crippen molar-refractivity contribution in [2.24, 2.45) is 0 Å². The first-order valence-corrected chi connectivity index (χ1v) is 6.45. The molecule has 0 aliphatic heterocycles. The number of fused-ring (bicyclic) bond motifs is 1. The van der Waals surface area contributed by atoms with Gasteiger partial charge >= 0.3 is 5.97 Å². The lowest BCUT2D eigenvalue weighted by Crippen LogP contribution is -2.25. The normalized spacial score (nSPS) is 10.8. The van der Waals surface area contributed by atoms with E-state index in [-0.39, 0.29) is 6.42 Å². The predicted octanol–water partition coefficient (Wildman–Crippen LogP) is 1.75. The summed E-state index contributed by atoms with van der Waals surface area (Å²) in [4.78, 5) is 12.7. The summed E-state index contributed by atoms with van der Waals surface area (Å²) in [7, 11) is 0. The molecular formula is C13H18N4O2. The second-order valence-corrected chi connectivity index (χ2v) is 4.30. The number of carboxylic acid groups (broad SMARTS) is 1. The zero-order chi connectivity index (χ0) is 13.8. The molecule has 0 saturated heterocycles. The maximum atomic E-state index is 10.7. The standard InChI is InChI=1S/C13H18N4O2/c1-3-16(8-7-13(18)19)10-5-6-12-11(9-10)14-15-17(12)4-2/h5-6,9H,3-4,7-8H2,1-2H3,(H,18,19). The Labute approximate surface area is 111 Å². The van der Waals surface area contributed by atoms with Crippen LogP contribution in [0.1, 0.15) is 20.3 Å². The molecule has 0 aliphatic carbocycles. The van der Waals surface area contributed by atoms with E-state index in [0.717, 1.165) is 29.8 Å². The number of nitrogens with zero attached hydrogens (tertiary/aromatic N) is 4. The Bertz CT molecular complexity index is 579. The highest BCUT2D eigenvalue weighted by molar-refractivity contribution is 5.79. The summed E-state index contributed by atoms with van der Waals surface area (Å²) in [5.41, 5.74) is 2.83. The Morgan fingerprint density at radius 2 is 2.21 bits per heavy atom. The van der Waals surface area contributed by atoms with E-state index < -0.39 is 5.97 Å². The molecule has 1 aromatic heterocycles. The van der Waals surface area contributed by atoms with Crippen LogP contribution in [0.2, 0.25) is 0 Å². The quantitative estimate of drug-likeness (QED) is 0.858. The molecule has 0 spiro atoms. The van der Waals surface area contributed by atoms with Crippen molar-refractivity contribution in [1.82, 2.24) is 15.0 Å². The molecule has 2 rings (SSSR count). The number of benzene rings is 1. The smallest absolute Gasteiger partial charge is 0.305 e. The van der Waals surface area contributed by atoms with Crippen LogP contribution in [0.5, 0.6) is 0 Å². The molecule has 0 amide bonds. The van der Waals surface area contributed by atoms with Crippen LogP contribution in [0.4, 0.5) is 5.69 Å². The third-order valence-electron chi connectivity index (χ3n) is 3.14. The minimum absolute atomic E-state index is 0.132. The molecule has 0 bridgehead atoms. The van der Waals surface area contributed by atoms with Crippen molar-refractivity contribution in [3.05, 3.63) is 18.2 Å². The Hall–Kier alpha value is -2.11. The summed E-state index contributed by atoms with van der Waals surface area (Å²) in [6.45, 7) is 6.08. The van der Waals surface area contributed by atoms with Crippen molar-refractivity contribution < 1.29 is 9.90 Å². The average molecular weight is 262 g/mol. The Morgan fingerprint density at radius 1 is 1.42 bits per heavy atom. The lowest BCUT2D eigenvalue weighted by Gasteiger charge is -2.22. The van der Waals surface area contributed by atoms with Crippen LogP contribution in [0.3, 0.4) is 0 Å². The number of hydrogen-bond acceptors (Lipinski definition) is 4. The van der Waals surface area contributed by atoms with Crippen molar-refractivity contribution in [3.8, 4) is 0 Å². The van der Waals surface area contributed by atoms with Crippen molar-refractivity contribution in [2.45, 2.75) is 26.8 Å². The Morgan fingerprint density at radius 3 is 2.84 bits per heavy atom. The molecule has 2 aromatic rings. The van der Waals surface area contributed by atoms with Gasteiger partial charge in [0.05, 0.1) is 11.9 Å². The number of rotatable bonds is 6. The number of aryl methyl sites for hydroxylation is 1. The molecule has 1 N–H and O–H groups in total. The van der Waals surface area contributed by atoms with Gasteiger partial charge in [-0.2, -0.15) is 0 Å². The number of aromatic nitrogens is 3. The summed E-state index contributed by atoms with van der Waals surface area (Å²) in [5, 5.41) is 17.0. The van der Waals surface area contributed by atoms with Gasteiger partial charge in [0, 0.05) is 25.3 Å². The molecule has 6 heteroatoms. The van der Waals surface area contributed by atoms with Crippen LogP contribution in [-0.2, 0) is 11.3 Å². The third kappa shape index (κ3) is 2.83. The zero-order valence-corrected chi connectivity index (χ0v) is 11.2. The first kappa shape index (κ1) is 13.3. The van der Waals surface area contributed by atoms with Gasteiger partial charge in [-0.1, -0.05) is 5.21 Å². The maximum Gasteiger partial charge on any atom is 0.305 e. The number of carboxylic acids is 1. The van der Waals surface area contributed by atoms with E-state index in [1.165, 1.54) is 0 Å². The van der Waals surface area contributed by atoms with Gasteiger partial charge in [-0.05, 0) is 32.0 Å². The average Bonchev–Trinajstić information content (AvgIpc) is 2.81. The van der Waals surface area contributed by atoms with Crippen molar-refractivity contribution >= 4 is 22.7 Å². The minimum atomic E-state index is -0.781. The molecule has 19 heavy (non-hydrogen) atoms. The van der Waals surface area contributed by atoms with Gasteiger partial charge in [0.2, 0.25) is 0 Å². The van der Waals surface area contributed by atoms with Crippen LogP contribution < -0.4 is 4.90 Å². The van der Waals surface area contributed by atoms with Crippen molar-refractivity contribution in [3.63, 3.8) is 0 Å². The second-order valence-electron chi connectivity index (χ2n) is 4.30. The highest BCUT2D eigenvalue weighted by Gasteiger charge is 2.10. The molecule has 6 nitrogen and oxygen atoms in total. The van der Waals surface area contributed by atoms with Gasteiger partial charge in [0.25, 0.3) is 0 Å². The number of aliphatic carboxylic acids is 1. The molecule has 0 aliphatic rings. The number of anilines is 1. The van der Waals surface area contributed by atoms with E-state index in [1.54, 1.807) is 0 Å². The summed E-state index contributed by atoms with van der Waals surface area (Å²) in [5.74, 6) is -0.781. The van der Waals surface area contributed by atoms with Gasteiger partial charge in [-0.25, -0.2) is 4.68 Å². The maximum absolute atomic E-state index is 10.7. The summed E-state index contributed by atoms with van der Waals surface area (Å²) < 4.78 is 1.84. The van der Waals surface area contributed by atoms with E-state index in [2.05, 4.69) is 10.3 Å². The Kier molecular flexibility index (Phi) is 3.99. The minimum Gasteiger partial charge on any atom is -0.481 e. The molecule has 0 fully saturated rings. The molecule has 0 unspecified atom stereocenters. The highest BCUT2D eigenvalue weighted by Crippen LogP contribution is 2.20. The molecule has 1 heterocycles. The van der Waals surface area contributed by atoms with E-state index in [4.69, 9.17) is 5.11 Å². The first-order valence-electron chi connectivity index (χ1n) is 6.45. The van der Waals surface area contributed by atoms with Crippen molar-refractivity contribution in [1.29, 1.82) is 0 Å². The molecule has 0 radical (unpaired) electrons. The van der Waals surface area contributed by atoms with Crippen LogP contribution in [0, 0.1) is 0 Å². The summed E-state index contributed by atoms with van der Waals surface area (Å²) >= 11 is 0. The van der Waals surface area contributed by atoms with Gasteiger partial charge in [-0.15, -0.1) is 5.10 Å². The number of carbonyl (C=O) groups is 1. The lowest BCUT2D eigenvalue weighted by atomic mass is 10.2. The highest BCUT2D eigenvalue weighted by atomic mass is 16.4. The van der Waals surface area contributed by atoms with Gasteiger partial charge in [0.15, 0.2) is 0 Å². The fourth-order valence-electron chi connectivity index (χ4n) is 2.09. The van der Waals surface area contributed by atoms with E-state index >= 15 is 0 Å². The molecule has 102 valence electrons. The Balaban J connectivity index is 2.25. The lowest BCUT2D eigenvalue weighted by molar-refractivity contribution is -0.136. The molecular weight excluding hydrogens is 244 g/mol. The largest absolute Gasteiger partial charge is 0.481 e. The summed E-state index contributed by atoms with van der Waals surface area (Å²) in [6.07, 6.45) is 0.132. The van der Waals surface area contributed by atoms with Crippen LogP contribution in [0.15, 0.2) is 18.2 Å². The van der Waals surface area contributed by atoms with E-state index in [1.807, 2.05) is 41.6 Å². The predicted molar refractivity (Wildman–Crippen MR) is 73.3 cm³/mol. The second kappa shape index (κ2) is 5.69. The molecule has 0 saturated carbocycles. The third-order valence-corrected chi connectivity index (χ3v) is 3.14. The zero-order valence-electron chi connectivity index (χ0n) is 11.2.